The van der Waals surface area contributed by atoms with Crippen molar-refractivity contribution >= 4 is 48.3 Å². The lowest BCUT2D eigenvalue weighted by molar-refractivity contribution is -0.150. The number of esters is 1. The fourth-order valence-electron chi connectivity index (χ4n) is 4.98. The van der Waals surface area contributed by atoms with Gasteiger partial charge in [-0.2, -0.15) is 0 Å². The molecule has 10 nitrogen and oxygen atoms in total. The number of benzene rings is 1. The number of morpholine rings is 1. The first kappa shape index (κ1) is 31.0. The summed E-state index contributed by atoms with van der Waals surface area (Å²) in [6.45, 7) is 7.31. The van der Waals surface area contributed by atoms with Gasteiger partial charge >= 0.3 is 12.0 Å². The maximum atomic E-state index is 12.8. The van der Waals surface area contributed by atoms with E-state index in [9.17, 15) is 9.59 Å². The average Bonchev–Trinajstić information content (AvgIpc) is 2.90. The Hall–Kier alpha value is -2.27. The zero-order valence-electron chi connectivity index (χ0n) is 21.2. The van der Waals surface area contributed by atoms with Gasteiger partial charge in [-0.25, -0.2) is 4.79 Å². The van der Waals surface area contributed by atoms with Crippen molar-refractivity contribution in [3.63, 3.8) is 0 Å². The van der Waals surface area contributed by atoms with Crippen LogP contribution in [-0.4, -0.2) is 99.3 Å². The number of nitrogens with one attached hydrogen (secondary N) is 2. The Morgan fingerprint density at radius 1 is 0.973 bits per heavy atom. The number of anilines is 1. The predicted octanol–water partition coefficient (Wildman–Crippen LogP) is 2.08. The van der Waals surface area contributed by atoms with E-state index < -0.39 is 0 Å². The molecule has 1 aromatic rings. The third-order valence-corrected chi connectivity index (χ3v) is 7.25. The molecule has 0 bridgehead atoms. The van der Waals surface area contributed by atoms with Crippen LogP contribution in [0.5, 0.6) is 0 Å². The zero-order chi connectivity index (χ0) is 24.6. The molecule has 3 fully saturated rings. The fraction of sp³-hybridized carbons (Fsp3) is 0.640. The van der Waals surface area contributed by atoms with E-state index in [4.69, 9.17) is 20.6 Å². The Kier molecular flexibility index (Phi) is 12.7. The monoisotopic (exact) mass is 558 g/mol. The van der Waals surface area contributed by atoms with E-state index in [1.807, 2.05) is 29.2 Å². The molecule has 2 amide bonds. The Labute approximate surface area is 231 Å². The molecule has 4 N–H and O–H groups in total. The van der Waals surface area contributed by atoms with Crippen LogP contribution in [0.2, 0.25) is 0 Å². The van der Waals surface area contributed by atoms with E-state index >= 15 is 0 Å². The summed E-state index contributed by atoms with van der Waals surface area (Å²) in [4.78, 5) is 31.6. The molecule has 1 aliphatic carbocycles. The molecule has 0 radical (unpaired) electrons. The van der Waals surface area contributed by atoms with Gasteiger partial charge in [-0.05, 0) is 49.9 Å². The highest BCUT2D eigenvalue weighted by molar-refractivity contribution is 5.95. The lowest BCUT2D eigenvalue weighted by Crippen LogP contribution is -2.54. The lowest BCUT2D eigenvalue weighted by Gasteiger charge is -2.37. The maximum Gasteiger partial charge on any atom is 0.317 e. The molecule has 37 heavy (non-hydrogen) atoms. The molecule has 208 valence electrons. The van der Waals surface area contributed by atoms with Crippen molar-refractivity contribution in [3.8, 4) is 0 Å². The normalized spacial score (nSPS) is 22.3. The number of hydrogen-bond donors (Lipinski definition) is 3. The maximum absolute atomic E-state index is 12.8. The van der Waals surface area contributed by atoms with Gasteiger partial charge in [-0.3, -0.25) is 15.1 Å². The van der Waals surface area contributed by atoms with Crippen molar-refractivity contribution in [1.82, 2.24) is 15.1 Å². The second-order valence-corrected chi connectivity index (χ2v) is 9.55. The highest BCUT2D eigenvalue weighted by atomic mass is 35.5. The molecule has 2 aliphatic heterocycles. The van der Waals surface area contributed by atoms with Gasteiger partial charge in [0.1, 0.15) is 12.4 Å². The molecule has 0 spiro atoms. The van der Waals surface area contributed by atoms with Crippen molar-refractivity contribution < 1.29 is 19.1 Å². The van der Waals surface area contributed by atoms with E-state index in [0.717, 1.165) is 77.3 Å². The highest BCUT2D eigenvalue weighted by Gasteiger charge is 2.30. The molecule has 12 heteroatoms. The van der Waals surface area contributed by atoms with E-state index in [1.165, 1.54) is 0 Å². The highest BCUT2D eigenvalue weighted by Crippen LogP contribution is 2.26. The minimum absolute atomic E-state index is 0. The average molecular weight is 560 g/mol. The fourth-order valence-corrected chi connectivity index (χ4v) is 4.98. The molecule has 3 aliphatic rings. The van der Waals surface area contributed by atoms with E-state index in [0.29, 0.717) is 25.3 Å². The topological polar surface area (TPSA) is 124 Å². The van der Waals surface area contributed by atoms with Crippen molar-refractivity contribution in [1.29, 1.82) is 5.41 Å². The number of carbonyl (C=O) groups excluding carboxylic acids is 2. The van der Waals surface area contributed by atoms with Crippen LogP contribution in [0.4, 0.5) is 10.5 Å². The number of halogens is 2. The first-order valence-electron chi connectivity index (χ1n) is 12.7. The van der Waals surface area contributed by atoms with Gasteiger partial charge < -0.3 is 30.3 Å². The van der Waals surface area contributed by atoms with Gasteiger partial charge in [0.05, 0.1) is 19.1 Å². The summed E-state index contributed by atoms with van der Waals surface area (Å²) in [6, 6.07) is 7.74. The number of amides is 2. The summed E-state index contributed by atoms with van der Waals surface area (Å²) in [5, 5.41) is 10.7. The molecule has 0 unspecified atom stereocenters. The summed E-state index contributed by atoms with van der Waals surface area (Å²) in [5.74, 6) is -0.103. The summed E-state index contributed by atoms with van der Waals surface area (Å²) < 4.78 is 10.9. The van der Waals surface area contributed by atoms with Crippen molar-refractivity contribution in [2.75, 3.05) is 70.5 Å². The van der Waals surface area contributed by atoms with Crippen molar-refractivity contribution in [3.05, 3.63) is 29.8 Å². The number of hydrogen-bond acceptors (Lipinski definition) is 7. The molecular formula is C25H40Cl2N6O4. The molecule has 2 heterocycles. The molecule has 0 atom stereocenters. The third-order valence-electron chi connectivity index (χ3n) is 7.25. The van der Waals surface area contributed by atoms with Crippen LogP contribution in [0, 0.1) is 11.3 Å². The second kappa shape index (κ2) is 15.2. The zero-order valence-corrected chi connectivity index (χ0v) is 22.9. The number of nitrogen functional groups attached to an aromatic ring is 1. The predicted molar refractivity (Wildman–Crippen MR) is 148 cm³/mol. The number of amidine groups is 1. The van der Waals surface area contributed by atoms with Crippen LogP contribution in [0.1, 0.15) is 31.2 Å². The van der Waals surface area contributed by atoms with Gasteiger partial charge in [-0.1, -0.05) is 0 Å². The number of carbonyl (C=O) groups is 2. The van der Waals surface area contributed by atoms with Gasteiger partial charge in [0.15, 0.2) is 0 Å². The van der Waals surface area contributed by atoms with Crippen LogP contribution in [0.15, 0.2) is 24.3 Å². The first-order chi connectivity index (χ1) is 17.0. The summed E-state index contributed by atoms with van der Waals surface area (Å²) in [6.07, 6.45) is 3.12. The minimum atomic E-state index is -0.101. The van der Waals surface area contributed by atoms with Crippen LogP contribution < -0.4 is 16.0 Å². The van der Waals surface area contributed by atoms with E-state index in [-0.39, 0.29) is 54.6 Å². The van der Waals surface area contributed by atoms with Gasteiger partial charge in [0.2, 0.25) is 0 Å². The Balaban J connectivity index is 0.00000241. The van der Waals surface area contributed by atoms with Crippen LogP contribution in [0.3, 0.4) is 0 Å². The van der Waals surface area contributed by atoms with E-state index in [1.54, 1.807) is 0 Å². The van der Waals surface area contributed by atoms with Crippen LogP contribution in [-0.2, 0) is 14.3 Å². The molecule has 2 saturated heterocycles. The molecular weight excluding hydrogens is 519 g/mol. The smallest absolute Gasteiger partial charge is 0.317 e. The quantitative estimate of drug-likeness (QED) is 0.266. The Bertz CT molecular complexity index is 868. The number of rotatable bonds is 7. The van der Waals surface area contributed by atoms with Gasteiger partial charge in [0.25, 0.3) is 0 Å². The number of nitrogens with zero attached hydrogens (tertiary/aromatic N) is 3. The van der Waals surface area contributed by atoms with Crippen molar-refractivity contribution in [2.24, 2.45) is 11.7 Å². The summed E-state index contributed by atoms with van der Waals surface area (Å²) in [7, 11) is 0. The molecule has 1 aromatic carbocycles. The van der Waals surface area contributed by atoms with Crippen LogP contribution in [0.25, 0.3) is 0 Å². The van der Waals surface area contributed by atoms with Gasteiger partial charge in [-0.15, -0.1) is 24.8 Å². The first-order valence-corrected chi connectivity index (χ1v) is 12.7. The van der Waals surface area contributed by atoms with Crippen molar-refractivity contribution in [2.45, 2.75) is 31.7 Å². The Morgan fingerprint density at radius 2 is 1.59 bits per heavy atom. The number of piperazine rings is 1. The number of nitrogens with two attached hydrogens (primary N) is 1. The summed E-state index contributed by atoms with van der Waals surface area (Å²) in [5.41, 5.74) is 7.31. The minimum Gasteiger partial charge on any atom is -0.464 e. The number of urea groups is 1. The Morgan fingerprint density at radius 3 is 2.19 bits per heavy atom. The summed E-state index contributed by atoms with van der Waals surface area (Å²) >= 11 is 0. The standard InChI is InChI=1S/C25H38N6O4.2ClH/c26-23(27)19-3-7-22(8-4-19)30-9-11-31(12-10-30)25(33)28-21-5-1-20(2-6-21)24(32)35-18-15-29-13-16-34-17-14-29;;/h3-4,7-8,20-21H,1-2,5-6,9-18H2,(H3,26,27)(H,28,33);2*1H. The second-order valence-electron chi connectivity index (χ2n) is 9.55. The molecule has 1 saturated carbocycles. The molecule has 0 aromatic heterocycles. The van der Waals surface area contributed by atoms with E-state index in [2.05, 4.69) is 15.1 Å². The molecule has 4 rings (SSSR count). The van der Waals surface area contributed by atoms with Crippen LogP contribution >= 0.6 is 24.8 Å². The number of ether oxygens (including phenoxy) is 2. The lowest BCUT2D eigenvalue weighted by atomic mass is 9.86. The third kappa shape index (κ3) is 8.91. The van der Waals surface area contributed by atoms with Gasteiger partial charge in [0, 0.05) is 63.1 Å². The largest absolute Gasteiger partial charge is 0.464 e. The SMILES string of the molecule is Cl.Cl.N=C(N)c1ccc(N2CCN(C(=O)NC3CCC(C(=O)OCCN4CCOCC4)CC3)CC2)cc1.